The number of anilines is 3. The summed E-state index contributed by atoms with van der Waals surface area (Å²) >= 11 is 0. The number of hydrogen-bond donors (Lipinski definition) is 2. The van der Waals surface area contributed by atoms with Crippen molar-refractivity contribution in [3.05, 3.63) is 58.1 Å². The van der Waals surface area contributed by atoms with Crippen LogP contribution in [0.1, 0.15) is 12.0 Å². The topological polar surface area (TPSA) is 84.4 Å². The SMILES string of the molecule is NNc1cccc(N2CCCc3ccccc32)c1[N+](=O)[O-]. The Morgan fingerprint density at radius 2 is 1.90 bits per heavy atom. The molecule has 1 aliphatic heterocycles. The van der Waals surface area contributed by atoms with Crippen molar-refractivity contribution in [2.45, 2.75) is 12.8 Å². The summed E-state index contributed by atoms with van der Waals surface area (Å²) in [5, 5.41) is 11.4. The van der Waals surface area contributed by atoms with Crippen LogP contribution in [0.3, 0.4) is 0 Å². The number of nitrogen functional groups attached to an aromatic ring is 1. The van der Waals surface area contributed by atoms with Crippen LogP contribution in [0.4, 0.5) is 22.7 Å². The smallest absolute Gasteiger partial charge is 0.317 e. The van der Waals surface area contributed by atoms with Gasteiger partial charge >= 0.3 is 5.69 Å². The van der Waals surface area contributed by atoms with Gasteiger partial charge in [-0.2, -0.15) is 0 Å². The molecule has 1 heterocycles. The van der Waals surface area contributed by atoms with Gasteiger partial charge in [-0.25, -0.2) is 0 Å². The van der Waals surface area contributed by atoms with Crippen molar-refractivity contribution in [2.24, 2.45) is 5.84 Å². The highest BCUT2D eigenvalue weighted by molar-refractivity contribution is 5.82. The van der Waals surface area contributed by atoms with E-state index in [2.05, 4.69) is 11.5 Å². The van der Waals surface area contributed by atoms with Crippen LogP contribution in [0.15, 0.2) is 42.5 Å². The molecule has 0 aromatic heterocycles. The third-order valence-electron chi connectivity index (χ3n) is 3.75. The molecule has 6 heteroatoms. The maximum Gasteiger partial charge on any atom is 0.317 e. The van der Waals surface area contributed by atoms with Gasteiger partial charge in [0.25, 0.3) is 0 Å². The fraction of sp³-hybridized carbons (Fsp3) is 0.200. The monoisotopic (exact) mass is 284 g/mol. The van der Waals surface area contributed by atoms with Crippen LogP contribution in [0.2, 0.25) is 0 Å². The summed E-state index contributed by atoms with van der Waals surface area (Å²) in [5.41, 5.74) is 5.56. The number of hydrazine groups is 1. The van der Waals surface area contributed by atoms with E-state index in [4.69, 9.17) is 5.84 Å². The second-order valence-electron chi connectivity index (χ2n) is 4.96. The third kappa shape index (κ3) is 2.30. The number of hydrogen-bond acceptors (Lipinski definition) is 5. The lowest BCUT2D eigenvalue weighted by Crippen LogP contribution is -2.25. The first-order valence-electron chi connectivity index (χ1n) is 6.82. The van der Waals surface area contributed by atoms with Crippen LogP contribution in [0, 0.1) is 10.1 Å². The van der Waals surface area contributed by atoms with E-state index in [0.29, 0.717) is 11.4 Å². The summed E-state index contributed by atoms with van der Waals surface area (Å²) in [4.78, 5) is 13.1. The summed E-state index contributed by atoms with van der Waals surface area (Å²) in [5.74, 6) is 5.41. The Bertz CT molecular complexity index is 687. The molecule has 108 valence electrons. The van der Waals surface area contributed by atoms with Gasteiger partial charge in [0.2, 0.25) is 0 Å². The molecular weight excluding hydrogens is 268 g/mol. The molecule has 0 fully saturated rings. The Morgan fingerprint density at radius 3 is 2.67 bits per heavy atom. The number of nitro groups is 1. The average Bonchev–Trinajstić information content (AvgIpc) is 2.53. The zero-order chi connectivity index (χ0) is 14.8. The fourth-order valence-corrected chi connectivity index (χ4v) is 2.84. The molecule has 0 amide bonds. The molecule has 0 saturated carbocycles. The van der Waals surface area contributed by atoms with E-state index in [9.17, 15) is 10.1 Å². The van der Waals surface area contributed by atoms with Crippen LogP contribution in [0.5, 0.6) is 0 Å². The van der Waals surface area contributed by atoms with Crippen LogP contribution in [-0.4, -0.2) is 11.5 Å². The molecule has 0 aliphatic carbocycles. The predicted octanol–water partition coefficient (Wildman–Crippen LogP) is 2.96. The van der Waals surface area contributed by atoms with Gasteiger partial charge in [-0.15, -0.1) is 0 Å². The quantitative estimate of drug-likeness (QED) is 0.514. The Balaban J connectivity index is 2.16. The molecule has 6 nitrogen and oxygen atoms in total. The van der Waals surface area contributed by atoms with Crippen molar-refractivity contribution in [2.75, 3.05) is 16.9 Å². The molecule has 2 aromatic carbocycles. The van der Waals surface area contributed by atoms with Gasteiger partial charge in [0.15, 0.2) is 0 Å². The Hall–Kier alpha value is -2.60. The average molecular weight is 284 g/mol. The molecule has 0 bridgehead atoms. The van der Waals surface area contributed by atoms with Crippen molar-refractivity contribution in [1.82, 2.24) is 0 Å². The van der Waals surface area contributed by atoms with Gasteiger partial charge in [0, 0.05) is 12.2 Å². The number of fused-ring (bicyclic) bond motifs is 1. The lowest BCUT2D eigenvalue weighted by atomic mass is 10.0. The maximum absolute atomic E-state index is 11.4. The van der Waals surface area contributed by atoms with Gasteiger partial charge in [-0.1, -0.05) is 24.3 Å². The second-order valence-corrected chi connectivity index (χ2v) is 4.96. The van der Waals surface area contributed by atoms with E-state index in [1.165, 1.54) is 5.56 Å². The summed E-state index contributed by atoms with van der Waals surface area (Å²) in [6.07, 6.45) is 1.96. The lowest BCUT2D eigenvalue weighted by Gasteiger charge is -2.31. The van der Waals surface area contributed by atoms with Crippen LogP contribution >= 0.6 is 0 Å². The van der Waals surface area contributed by atoms with Gasteiger partial charge < -0.3 is 10.3 Å². The van der Waals surface area contributed by atoms with E-state index >= 15 is 0 Å². The van der Waals surface area contributed by atoms with E-state index in [0.717, 1.165) is 25.1 Å². The zero-order valence-corrected chi connectivity index (χ0v) is 11.5. The molecule has 21 heavy (non-hydrogen) atoms. The first-order valence-corrected chi connectivity index (χ1v) is 6.82. The van der Waals surface area contributed by atoms with Gasteiger partial charge in [-0.05, 0) is 36.6 Å². The highest BCUT2D eigenvalue weighted by atomic mass is 16.6. The number of nitrogens with zero attached hydrogens (tertiary/aromatic N) is 2. The molecule has 0 unspecified atom stereocenters. The first-order chi connectivity index (χ1) is 10.2. The van der Waals surface area contributed by atoms with Crippen LogP contribution in [-0.2, 0) is 6.42 Å². The number of aryl methyl sites for hydroxylation is 1. The standard InChI is InChI=1S/C15H16N4O2/c16-17-12-7-3-9-14(15(12)19(20)21)18-10-4-6-11-5-1-2-8-13(11)18/h1-3,5,7-9,17H,4,6,10,16H2. The number of para-hydroxylation sites is 2. The molecule has 0 spiro atoms. The van der Waals surface area contributed by atoms with Crippen molar-refractivity contribution >= 4 is 22.7 Å². The molecule has 3 N–H and O–H groups in total. The highest BCUT2D eigenvalue weighted by Gasteiger charge is 2.27. The van der Waals surface area contributed by atoms with Crippen molar-refractivity contribution < 1.29 is 4.92 Å². The van der Waals surface area contributed by atoms with Crippen LogP contribution in [0.25, 0.3) is 0 Å². The molecular formula is C15H16N4O2. The molecule has 0 atom stereocenters. The third-order valence-corrected chi connectivity index (χ3v) is 3.75. The fourth-order valence-electron chi connectivity index (χ4n) is 2.84. The summed E-state index contributed by atoms with van der Waals surface area (Å²) in [6.45, 7) is 0.756. The van der Waals surface area contributed by atoms with Gasteiger partial charge in [0.05, 0.1) is 4.92 Å². The van der Waals surface area contributed by atoms with Gasteiger partial charge in [-0.3, -0.25) is 16.0 Å². The Labute approximate surface area is 122 Å². The summed E-state index contributed by atoms with van der Waals surface area (Å²) in [7, 11) is 0. The first kappa shape index (κ1) is 13.4. The van der Waals surface area contributed by atoms with E-state index in [-0.39, 0.29) is 10.6 Å². The number of nitrogens with one attached hydrogen (secondary N) is 1. The van der Waals surface area contributed by atoms with Crippen LogP contribution < -0.4 is 16.2 Å². The lowest BCUT2D eigenvalue weighted by molar-refractivity contribution is -0.383. The molecule has 2 aromatic rings. The largest absolute Gasteiger partial charge is 0.336 e. The molecule has 1 aliphatic rings. The minimum absolute atomic E-state index is 0.0108. The highest BCUT2D eigenvalue weighted by Crippen LogP contribution is 2.41. The van der Waals surface area contributed by atoms with Gasteiger partial charge in [0.1, 0.15) is 11.4 Å². The van der Waals surface area contributed by atoms with E-state index in [1.807, 2.05) is 23.1 Å². The van der Waals surface area contributed by atoms with Crippen molar-refractivity contribution in [3.63, 3.8) is 0 Å². The molecule has 0 saturated heterocycles. The van der Waals surface area contributed by atoms with Crippen molar-refractivity contribution in [3.8, 4) is 0 Å². The molecule has 0 radical (unpaired) electrons. The molecule has 3 rings (SSSR count). The number of nitro benzene ring substituents is 1. The Kier molecular flexibility index (Phi) is 3.45. The zero-order valence-electron chi connectivity index (χ0n) is 11.5. The summed E-state index contributed by atoms with van der Waals surface area (Å²) < 4.78 is 0. The van der Waals surface area contributed by atoms with E-state index < -0.39 is 0 Å². The van der Waals surface area contributed by atoms with E-state index in [1.54, 1.807) is 18.2 Å². The number of rotatable bonds is 3. The predicted molar refractivity (Wildman–Crippen MR) is 82.7 cm³/mol. The maximum atomic E-state index is 11.4. The number of benzene rings is 2. The number of nitrogens with two attached hydrogens (primary N) is 1. The normalized spacial score (nSPS) is 13.7. The second kappa shape index (κ2) is 5.41. The minimum Gasteiger partial charge on any atom is -0.336 e. The van der Waals surface area contributed by atoms with Crippen molar-refractivity contribution in [1.29, 1.82) is 0 Å². The Morgan fingerprint density at radius 1 is 1.14 bits per heavy atom. The summed E-state index contributed by atoms with van der Waals surface area (Å²) in [6, 6.07) is 13.2. The minimum atomic E-state index is -0.387.